The lowest BCUT2D eigenvalue weighted by Gasteiger charge is -2.17. The largest absolute Gasteiger partial charge is 0.378 e. The fraction of sp³-hybridized carbons (Fsp3) is 0.267. The van der Waals surface area contributed by atoms with Gasteiger partial charge in [0, 0.05) is 18.8 Å². The van der Waals surface area contributed by atoms with Gasteiger partial charge in [0.2, 0.25) is 5.91 Å². The van der Waals surface area contributed by atoms with E-state index in [2.05, 4.69) is 34.4 Å². The molecule has 3 nitrogen and oxygen atoms in total. The van der Waals surface area contributed by atoms with Crippen LogP contribution in [0.4, 0.5) is 5.69 Å². The number of nitrogens with one attached hydrogen (secondary N) is 2. The fourth-order valence-corrected chi connectivity index (χ4v) is 2.67. The van der Waals surface area contributed by atoms with Gasteiger partial charge in [0.15, 0.2) is 0 Å². The van der Waals surface area contributed by atoms with Gasteiger partial charge in [-0.1, -0.05) is 18.2 Å². The molecule has 0 saturated carbocycles. The highest BCUT2D eigenvalue weighted by atomic mass is 32.1. The molecule has 1 amide bonds. The molecule has 100 valence electrons. The number of para-hydroxylation sites is 1. The molecule has 1 heterocycles. The number of hydrogen-bond donors (Lipinski definition) is 2. The van der Waals surface area contributed by atoms with E-state index >= 15 is 0 Å². The average molecular weight is 274 g/mol. The van der Waals surface area contributed by atoms with E-state index in [1.165, 1.54) is 5.56 Å². The van der Waals surface area contributed by atoms with E-state index in [1.54, 1.807) is 18.4 Å². The molecule has 0 radical (unpaired) electrons. The average Bonchev–Trinajstić information content (AvgIpc) is 2.95. The van der Waals surface area contributed by atoms with Crippen molar-refractivity contribution in [3.8, 4) is 0 Å². The van der Waals surface area contributed by atoms with Crippen LogP contribution in [-0.4, -0.2) is 13.0 Å². The molecule has 2 aromatic rings. The van der Waals surface area contributed by atoms with Crippen LogP contribution in [0.5, 0.6) is 0 Å². The second-order valence-corrected chi connectivity index (χ2v) is 5.21. The highest BCUT2D eigenvalue weighted by Gasteiger charge is 2.10. The molecule has 0 saturated heterocycles. The van der Waals surface area contributed by atoms with Crippen LogP contribution in [0.3, 0.4) is 0 Å². The van der Waals surface area contributed by atoms with Crippen molar-refractivity contribution in [2.24, 2.45) is 0 Å². The molecule has 4 heteroatoms. The number of likely N-dealkylation sites (N-methyl/N-ethyl adjacent to an activating group) is 1. The van der Waals surface area contributed by atoms with E-state index < -0.39 is 0 Å². The lowest BCUT2D eigenvalue weighted by Crippen LogP contribution is -2.20. The van der Waals surface area contributed by atoms with Gasteiger partial charge in [-0.25, -0.2) is 0 Å². The standard InChI is InChI=1S/C15H18N2OS/c1-11(13-7-8-19-10-13)17-14-6-4-3-5-12(14)9-15(18)16-2/h3-8,10-11,17H,9H2,1-2H3,(H,16,18). The molecule has 0 fully saturated rings. The third-order valence-corrected chi connectivity index (χ3v) is 3.76. The number of amides is 1. The molecule has 0 bridgehead atoms. The number of benzene rings is 1. The lowest BCUT2D eigenvalue weighted by molar-refractivity contribution is -0.119. The molecule has 2 rings (SSSR count). The number of anilines is 1. The Balaban J connectivity index is 2.13. The van der Waals surface area contributed by atoms with Crippen LogP contribution in [0.1, 0.15) is 24.1 Å². The summed E-state index contributed by atoms with van der Waals surface area (Å²) >= 11 is 1.69. The second-order valence-electron chi connectivity index (χ2n) is 4.43. The Morgan fingerprint density at radius 2 is 2.11 bits per heavy atom. The molecule has 0 aliphatic rings. The van der Waals surface area contributed by atoms with Gasteiger partial charge in [0.25, 0.3) is 0 Å². The van der Waals surface area contributed by atoms with Crippen molar-refractivity contribution in [2.45, 2.75) is 19.4 Å². The van der Waals surface area contributed by atoms with Gasteiger partial charge in [-0.05, 0) is 40.9 Å². The highest BCUT2D eigenvalue weighted by Crippen LogP contribution is 2.24. The zero-order chi connectivity index (χ0) is 13.7. The Hall–Kier alpha value is -1.81. The smallest absolute Gasteiger partial charge is 0.224 e. The summed E-state index contributed by atoms with van der Waals surface area (Å²) in [7, 11) is 1.66. The van der Waals surface area contributed by atoms with Crippen LogP contribution in [0.2, 0.25) is 0 Å². The third-order valence-electron chi connectivity index (χ3n) is 3.06. The van der Waals surface area contributed by atoms with Crippen LogP contribution in [-0.2, 0) is 11.2 Å². The first-order valence-corrected chi connectivity index (χ1v) is 7.22. The summed E-state index contributed by atoms with van der Waals surface area (Å²) in [6.07, 6.45) is 0.399. The Bertz CT molecular complexity index is 537. The molecule has 2 N–H and O–H groups in total. The van der Waals surface area contributed by atoms with Crippen molar-refractivity contribution in [1.29, 1.82) is 0 Å². The number of carbonyl (C=O) groups excluding carboxylic acids is 1. The molecule has 1 aromatic heterocycles. The van der Waals surface area contributed by atoms with Crippen molar-refractivity contribution >= 4 is 22.9 Å². The van der Waals surface area contributed by atoms with E-state index in [9.17, 15) is 4.79 Å². The summed E-state index contributed by atoms with van der Waals surface area (Å²) < 4.78 is 0. The van der Waals surface area contributed by atoms with E-state index in [0.717, 1.165) is 11.3 Å². The van der Waals surface area contributed by atoms with Gasteiger partial charge in [-0.3, -0.25) is 4.79 Å². The van der Waals surface area contributed by atoms with E-state index in [0.29, 0.717) is 6.42 Å². The summed E-state index contributed by atoms with van der Waals surface area (Å²) in [4.78, 5) is 11.5. The number of thiophene rings is 1. The Kier molecular flexibility index (Phi) is 4.58. The normalized spacial score (nSPS) is 11.9. The van der Waals surface area contributed by atoms with Crippen LogP contribution >= 0.6 is 11.3 Å². The van der Waals surface area contributed by atoms with Crippen LogP contribution < -0.4 is 10.6 Å². The maximum atomic E-state index is 11.5. The molecule has 0 aliphatic heterocycles. The molecule has 1 aromatic carbocycles. The summed E-state index contributed by atoms with van der Waals surface area (Å²) in [6, 6.07) is 10.3. The Morgan fingerprint density at radius 3 is 2.79 bits per heavy atom. The van der Waals surface area contributed by atoms with Crippen molar-refractivity contribution in [2.75, 3.05) is 12.4 Å². The predicted octanol–water partition coefficient (Wildman–Crippen LogP) is 3.21. The van der Waals surface area contributed by atoms with Crippen LogP contribution in [0, 0.1) is 0 Å². The zero-order valence-electron chi connectivity index (χ0n) is 11.1. The van der Waals surface area contributed by atoms with Gasteiger partial charge in [-0.2, -0.15) is 11.3 Å². The first-order chi connectivity index (χ1) is 9.20. The predicted molar refractivity (Wildman–Crippen MR) is 80.6 cm³/mol. The maximum absolute atomic E-state index is 11.5. The zero-order valence-corrected chi connectivity index (χ0v) is 12.0. The minimum absolute atomic E-state index is 0.0254. The first-order valence-electron chi connectivity index (χ1n) is 6.28. The van der Waals surface area contributed by atoms with E-state index in [4.69, 9.17) is 0 Å². The van der Waals surface area contributed by atoms with Gasteiger partial charge in [0.1, 0.15) is 0 Å². The van der Waals surface area contributed by atoms with Gasteiger partial charge >= 0.3 is 0 Å². The molecular formula is C15H18N2OS. The fourth-order valence-electron chi connectivity index (χ4n) is 1.91. The molecular weight excluding hydrogens is 256 g/mol. The number of carbonyl (C=O) groups is 1. The molecule has 0 spiro atoms. The first kappa shape index (κ1) is 13.6. The Labute approximate surface area is 117 Å². The Morgan fingerprint density at radius 1 is 1.32 bits per heavy atom. The minimum Gasteiger partial charge on any atom is -0.378 e. The summed E-state index contributed by atoms with van der Waals surface area (Å²) in [5.41, 5.74) is 3.30. The second kappa shape index (κ2) is 6.38. The van der Waals surface area contributed by atoms with E-state index in [1.807, 2.05) is 24.3 Å². The third kappa shape index (κ3) is 3.58. The molecule has 1 unspecified atom stereocenters. The van der Waals surface area contributed by atoms with Crippen molar-refractivity contribution in [1.82, 2.24) is 5.32 Å². The summed E-state index contributed by atoms with van der Waals surface area (Å²) in [5, 5.41) is 10.3. The lowest BCUT2D eigenvalue weighted by atomic mass is 10.1. The topological polar surface area (TPSA) is 41.1 Å². The van der Waals surface area contributed by atoms with Gasteiger partial charge < -0.3 is 10.6 Å². The van der Waals surface area contributed by atoms with Crippen molar-refractivity contribution in [3.05, 3.63) is 52.2 Å². The molecule has 1 atom stereocenters. The maximum Gasteiger partial charge on any atom is 0.224 e. The van der Waals surface area contributed by atoms with Crippen LogP contribution in [0.25, 0.3) is 0 Å². The summed E-state index contributed by atoms with van der Waals surface area (Å²) in [6.45, 7) is 2.12. The summed E-state index contributed by atoms with van der Waals surface area (Å²) in [5.74, 6) is 0.0254. The quantitative estimate of drug-likeness (QED) is 0.879. The monoisotopic (exact) mass is 274 g/mol. The van der Waals surface area contributed by atoms with Gasteiger partial charge in [0.05, 0.1) is 6.42 Å². The molecule has 19 heavy (non-hydrogen) atoms. The van der Waals surface area contributed by atoms with Crippen molar-refractivity contribution in [3.63, 3.8) is 0 Å². The molecule has 0 aliphatic carbocycles. The SMILES string of the molecule is CNC(=O)Cc1ccccc1NC(C)c1ccsc1. The minimum atomic E-state index is 0.0254. The van der Waals surface area contributed by atoms with Gasteiger partial charge in [-0.15, -0.1) is 0 Å². The van der Waals surface area contributed by atoms with Crippen LogP contribution in [0.15, 0.2) is 41.1 Å². The highest BCUT2D eigenvalue weighted by molar-refractivity contribution is 7.07. The van der Waals surface area contributed by atoms with E-state index in [-0.39, 0.29) is 11.9 Å². The van der Waals surface area contributed by atoms with Crippen molar-refractivity contribution < 1.29 is 4.79 Å². The number of rotatable bonds is 5. The number of hydrogen-bond acceptors (Lipinski definition) is 3.